The van der Waals surface area contributed by atoms with E-state index >= 15 is 0 Å². The predicted molar refractivity (Wildman–Crippen MR) is 82.2 cm³/mol. The van der Waals surface area contributed by atoms with Crippen LogP contribution in [-0.2, 0) is 14.8 Å². The molecule has 0 saturated heterocycles. The quantitative estimate of drug-likeness (QED) is 0.871. The molecule has 8 heteroatoms. The molecule has 2 aromatic rings. The fourth-order valence-electron chi connectivity index (χ4n) is 1.83. The van der Waals surface area contributed by atoms with Gasteiger partial charge in [-0.15, -0.1) is 0 Å². The molecule has 0 aliphatic heterocycles. The van der Waals surface area contributed by atoms with Crippen molar-refractivity contribution in [3.05, 3.63) is 42.2 Å². The number of aryl methyl sites for hydroxylation is 1. The van der Waals surface area contributed by atoms with E-state index in [4.69, 9.17) is 0 Å². The average Bonchev–Trinajstić information content (AvgIpc) is 2.99. The van der Waals surface area contributed by atoms with Crippen molar-refractivity contribution in [1.29, 1.82) is 0 Å². The third-order valence-corrected chi connectivity index (χ3v) is 4.69. The van der Waals surface area contributed by atoms with E-state index in [1.807, 2.05) is 0 Å². The maximum atomic E-state index is 12.4. The minimum absolute atomic E-state index is 0.132. The summed E-state index contributed by atoms with van der Waals surface area (Å²) in [6.45, 7) is 1.43. The van der Waals surface area contributed by atoms with Crippen molar-refractivity contribution in [2.24, 2.45) is 0 Å². The summed E-state index contributed by atoms with van der Waals surface area (Å²) < 4.78 is 28.7. The topological polar surface area (TPSA) is 84.3 Å². The minimum Gasteiger partial charge on any atom is -0.348 e. The molecule has 1 amide bonds. The minimum atomic E-state index is -3.77. The lowest BCUT2D eigenvalue weighted by molar-refractivity contribution is -0.127. The van der Waals surface area contributed by atoms with Crippen LogP contribution in [0.1, 0.15) is 5.56 Å². The highest BCUT2D eigenvalue weighted by molar-refractivity contribution is 7.89. The fraction of sp³-hybridized carbons (Fsp3) is 0.286. The molecule has 7 nitrogen and oxygen atoms in total. The molecule has 0 spiro atoms. The van der Waals surface area contributed by atoms with Crippen LogP contribution in [0.15, 0.2) is 41.6 Å². The summed E-state index contributed by atoms with van der Waals surface area (Å²) in [5.41, 5.74) is 1.23. The number of nitrogens with one attached hydrogen (secondary N) is 1. The number of amides is 1. The standard InChI is InChI=1S/C14H18N4O3S/c1-11-5-6-12(18-8-4-7-15-18)9-13(11)22(20,21)16-10-14(19)17(2)3/h4-9,16H,10H2,1-3H3. The summed E-state index contributed by atoms with van der Waals surface area (Å²) in [6, 6.07) is 6.78. The Balaban J connectivity index is 2.30. The molecule has 1 N–H and O–H groups in total. The Bertz CT molecular complexity index is 767. The van der Waals surface area contributed by atoms with Crippen molar-refractivity contribution in [3.63, 3.8) is 0 Å². The maximum absolute atomic E-state index is 12.4. The van der Waals surface area contributed by atoms with Crippen LogP contribution in [0.3, 0.4) is 0 Å². The first-order chi connectivity index (χ1) is 10.3. The summed E-state index contributed by atoms with van der Waals surface area (Å²) in [5.74, 6) is -0.315. The Morgan fingerprint density at radius 1 is 1.36 bits per heavy atom. The smallest absolute Gasteiger partial charge is 0.241 e. The number of carbonyl (C=O) groups excluding carboxylic acids is 1. The van der Waals surface area contributed by atoms with Crippen molar-refractivity contribution in [1.82, 2.24) is 19.4 Å². The number of hydrogen-bond donors (Lipinski definition) is 1. The normalized spacial score (nSPS) is 11.4. The first-order valence-corrected chi connectivity index (χ1v) is 8.10. The van der Waals surface area contributed by atoms with Crippen molar-refractivity contribution < 1.29 is 13.2 Å². The Morgan fingerprint density at radius 2 is 2.09 bits per heavy atom. The monoisotopic (exact) mass is 322 g/mol. The highest BCUT2D eigenvalue weighted by Gasteiger charge is 2.19. The van der Waals surface area contributed by atoms with Gasteiger partial charge in [-0.05, 0) is 30.7 Å². The van der Waals surface area contributed by atoms with E-state index in [-0.39, 0.29) is 17.3 Å². The molecule has 0 unspecified atom stereocenters. The molecule has 0 radical (unpaired) electrons. The van der Waals surface area contributed by atoms with Crippen LogP contribution >= 0.6 is 0 Å². The molecule has 2 rings (SSSR count). The van der Waals surface area contributed by atoms with E-state index in [9.17, 15) is 13.2 Å². The van der Waals surface area contributed by atoms with Crippen LogP contribution < -0.4 is 4.72 Å². The molecule has 0 saturated carbocycles. The van der Waals surface area contributed by atoms with E-state index < -0.39 is 10.0 Å². The Hall–Kier alpha value is -2.19. The van der Waals surface area contributed by atoms with Gasteiger partial charge in [0.15, 0.2) is 0 Å². The molecule has 0 aliphatic rings. The molecule has 1 aromatic heterocycles. The van der Waals surface area contributed by atoms with Crippen molar-refractivity contribution >= 4 is 15.9 Å². The fourth-order valence-corrected chi connectivity index (χ4v) is 3.07. The summed E-state index contributed by atoms with van der Waals surface area (Å²) in [5, 5.41) is 4.08. The zero-order chi connectivity index (χ0) is 16.3. The highest BCUT2D eigenvalue weighted by Crippen LogP contribution is 2.19. The average molecular weight is 322 g/mol. The lowest BCUT2D eigenvalue weighted by Crippen LogP contribution is -2.36. The van der Waals surface area contributed by atoms with Crippen LogP contribution in [0.5, 0.6) is 0 Å². The highest BCUT2D eigenvalue weighted by atomic mass is 32.2. The van der Waals surface area contributed by atoms with Crippen molar-refractivity contribution in [3.8, 4) is 5.69 Å². The van der Waals surface area contributed by atoms with Gasteiger partial charge in [0.25, 0.3) is 0 Å². The van der Waals surface area contributed by atoms with Gasteiger partial charge in [-0.1, -0.05) is 6.07 Å². The van der Waals surface area contributed by atoms with Gasteiger partial charge in [0.1, 0.15) is 0 Å². The second-order valence-electron chi connectivity index (χ2n) is 5.01. The molecule has 22 heavy (non-hydrogen) atoms. The lowest BCUT2D eigenvalue weighted by Gasteiger charge is -2.13. The first kappa shape index (κ1) is 16.2. The zero-order valence-electron chi connectivity index (χ0n) is 12.6. The zero-order valence-corrected chi connectivity index (χ0v) is 13.5. The number of aromatic nitrogens is 2. The van der Waals surface area contributed by atoms with E-state index in [1.165, 1.54) is 11.0 Å². The third-order valence-electron chi connectivity index (χ3n) is 3.14. The molecule has 118 valence electrons. The van der Waals surface area contributed by atoms with Gasteiger partial charge in [-0.3, -0.25) is 4.79 Å². The molecule has 0 aliphatic carbocycles. The number of rotatable bonds is 5. The molecular weight excluding hydrogens is 304 g/mol. The van der Waals surface area contributed by atoms with E-state index in [1.54, 1.807) is 56.3 Å². The van der Waals surface area contributed by atoms with Crippen molar-refractivity contribution in [2.45, 2.75) is 11.8 Å². The lowest BCUT2D eigenvalue weighted by atomic mass is 10.2. The largest absolute Gasteiger partial charge is 0.348 e. The molecular formula is C14H18N4O3S. The first-order valence-electron chi connectivity index (χ1n) is 6.62. The van der Waals surface area contributed by atoms with Crippen LogP contribution in [0.25, 0.3) is 5.69 Å². The van der Waals surface area contributed by atoms with Crippen LogP contribution in [0, 0.1) is 6.92 Å². The van der Waals surface area contributed by atoms with Gasteiger partial charge in [0.2, 0.25) is 15.9 Å². The van der Waals surface area contributed by atoms with Crippen LogP contribution in [0.2, 0.25) is 0 Å². The molecule has 0 fully saturated rings. The second kappa shape index (κ2) is 6.29. The summed E-state index contributed by atoms with van der Waals surface area (Å²) in [6.07, 6.45) is 3.34. The predicted octanol–water partition coefficient (Wildman–Crippen LogP) is 0.547. The second-order valence-corrected chi connectivity index (χ2v) is 6.75. The summed E-state index contributed by atoms with van der Waals surface area (Å²) in [7, 11) is -0.632. The Labute approximate surface area is 129 Å². The van der Waals surface area contributed by atoms with Crippen LogP contribution in [-0.4, -0.2) is 49.6 Å². The Kier molecular flexibility index (Phi) is 4.62. The third kappa shape index (κ3) is 3.52. The number of hydrogen-bond acceptors (Lipinski definition) is 4. The number of carbonyl (C=O) groups is 1. The van der Waals surface area contributed by atoms with Gasteiger partial charge in [-0.2, -0.15) is 5.10 Å². The number of benzene rings is 1. The van der Waals surface area contributed by atoms with Gasteiger partial charge >= 0.3 is 0 Å². The van der Waals surface area contributed by atoms with E-state index in [0.29, 0.717) is 11.3 Å². The Morgan fingerprint density at radius 3 is 2.68 bits per heavy atom. The molecule has 0 atom stereocenters. The van der Waals surface area contributed by atoms with Gasteiger partial charge in [-0.25, -0.2) is 17.8 Å². The molecule has 0 bridgehead atoms. The molecule has 1 aromatic carbocycles. The number of likely N-dealkylation sites (N-methyl/N-ethyl adjacent to an activating group) is 1. The maximum Gasteiger partial charge on any atom is 0.241 e. The van der Waals surface area contributed by atoms with Gasteiger partial charge < -0.3 is 4.90 Å². The van der Waals surface area contributed by atoms with E-state index in [2.05, 4.69) is 9.82 Å². The summed E-state index contributed by atoms with van der Waals surface area (Å²) >= 11 is 0. The van der Waals surface area contributed by atoms with Gasteiger partial charge in [0.05, 0.1) is 17.1 Å². The SMILES string of the molecule is Cc1ccc(-n2cccn2)cc1S(=O)(=O)NCC(=O)N(C)C. The molecule has 1 heterocycles. The number of sulfonamides is 1. The van der Waals surface area contributed by atoms with Crippen molar-refractivity contribution in [2.75, 3.05) is 20.6 Å². The van der Waals surface area contributed by atoms with Gasteiger partial charge in [0, 0.05) is 26.5 Å². The van der Waals surface area contributed by atoms with Crippen LogP contribution in [0.4, 0.5) is 0 Å². The summed E-state index contributed by atoms with van der Waals surface area (Å²) in [4.78, 5) is 13.0. The number of nitrogens with zero attached hydrogens (tertiary/aromatic N) is 3. The van der Waals surface area contributed by atoms with E-state index in [0.717, 1.165) is 0 Å².